The predicted molar refractivity (Wildman–Crippen MR) is 53.3 cm³/mol. The molecular weight excluding hydrogens is 250 g/mol. The molecule has 0 heterocycles. The molecule has 0 N–H and O–H groups in total. The van der Waals surface area contributed by atoms with Crippen LogP contribution in [0.15, 0.2) is 12.1 Å². The van der Waals surface area contributed by atoms with Crippen molar-refractivity contribution in [1.82, 2.24) is 0 Å². The third-order valence-corrected chi connectivity index (χ3v) is 2.20. The number of carbonyl (C=O) groups is 2. The lowest BCUT2D eigenvalue weighted by Gasteiger charge is -2.04. The summed E-state index contributed by atoms with van der Waals surface area (Å²) in [5.41, 5.74) is -0.00215. The lowest BCUT2D eigenvalue weighted by molar-refractivity contribution is -0.120. The van der Waals surface area contributed by atoms with Crippen LogP contribution in [0.25, 0.3) is 0 Å². The molecule has 0 aliphatic heterocycles. The smallest absolute Gasteiger partial charge is 0.298 e. The van der Waals surface area contributed by atoms with Gasteiger partial charge in [0, 0.05) is 11.1 Å². The molecule has 74 valence electrons. The maximum Gasteiger partial charge on any atom is 0.298 e. The van der Waals surface area contributed by atoms with Crippen LogP contribution in [0.1, 0.15) is 10.4 Å². The summed E-state index contributed by atoms with van der Waals surface area (Å²) in [6.07, 6.45) is 0. The van der Waals surface area contributed by atoms with E-state index in [1.807, 2.05) is 0 Å². The molecule has 0 spiro atoms. The molecular formula is C8H3Cl3O3. The van der Waals surface area contributed by atoms with Gasteiger partial charge in [-0.1, -0.05) is 23.2 Å². The van der Waals surface area contributed by atoms with E-state index >= 15 is 0 Å². The Morgan fingerprint density at radius 3 is 2.50 bits per heavy atom. The van der Waals surface area contributed by atoms with Crippen LogP contribution in [0.5, 0.6) is 5.75 Å². The van der Waals surface area contributed by atoms with Crippen LogP contribution in [0.2, 0.25) is 10.0 Å². The van der Waals surface area contributed by atoms with Crippen molar-refractivity contribution in [1.29, 1.82) is 0 Å². The molecule has 0 saturated heterocycles. The summed E-state index contributed by atoms with van der Waals surface area (Å²) in [6, 6.07) is 2.60. The highest BCUT2D eigenvalue weighted by atomic mass is 35.5. The zero-order valence-corrected chi connectivity index (χ0v) is 8.86. The highest BCUT2D eigenvalue weighted by Crippen LogP contribution is 2.32. The largest absolute Gasteiger partial charge is 0.427 e. The molecule has 0 aliphatic rings. The lowest BCUT2D eigenvalue weighted by atomic mass is 10.2. The number of ether oxygens (including phenoxy) is 1. The van der Waals surface area contributed by atoms with Crippen molar-refractivity contribution < 1.29 is 14.3 Å². The van der Waals surface area contributed by atoms with E-state index in [4.69, 9.17) is 34.8 Å². The van der Waals surface area contributed by atoms with Crippen LogP contribution < -0.4 is 4.74 Å². The van der Waals surface area contributed by atoms with Crippen molar-refractivity contribution in [2.24, 2.45) is 0 Å². The van der Waals surface area contributed by atoms with Gasteiger partial charge in [-0.05, 0) is 17.7 Å². The Morgan fingerprint density at radius 1 is 1.36 bits per heavy atom. The molecule has 1 aromatic rings. The first-order chi connectivity index (χ1) is 6.56. The van der Waals surface area contributed by atoms with E-state index in [0.717, 1.165) is 0 Å². The third kappa shape index (κ3) is 2.38. The van der Waals surface area contributed by atoms with Crippen molar-refractivity contribution in [3.8, 4) is 5.75 Å². The van der Waals surface area contributed by atoms with Gasteiger partial charge in [-0.25, -0.2) is 0 Å². The van der Waals surface area contributed by atoms with E-state index in [2.05, 4.69) is 4.74 Å². The van der Waals surface area contributed by atoms with E-state index in [1.54, 1.807) is 0 Å². The van der Waals surface area contributed by atoms with Crippen molar-refractivity contribution in [3.05, 3.63) is 27.7 Å². The normalized spacial score (nSPS) is 9.64. The second kappa shape index (κ2) is 4.64. The monoisotopic (exact) mass is 252 g/mol. The fourth-order valence-electron chi connectivity index (χ4n) is 0.845. The summed E-state index contributed by atoms with van der Waals surface area (Å²) in [5, 5.41) is -0.606. The summed E-state index contributed by atoms with van der Waals surface area (Å²) in [7, 11) is 0. The summed E-state index contributed by atoms with van der Waals surface area (Å²) >= 11 is 16.6. The maximum atomic E-state index is 10.9. The minimum atomic E-state index is -0.770. The van der Waals surface area contributed by atoms with Gasteiger partial charge in [0.15, 0.2) is 5.75 Å². The van der Waals surface area contributed by atoms with Gasteiger partial charge >= 0.3 is 0 Å². The number of benzene rings is 1. The number of hydrogen-bond acceptors (Lipinski definition) is 3. The zero-order chi connectivity index (χ0) is 10.7. The van der Waals surface area contributed by atoms with E-state index in [9.17, 15) is 9.59 Å². The van der Waals surface area contributed by atoms with Crippen molar-refractivity contribution >= 4 is 46.5 Å². The van der Waals surface area contributed by atoms with E-state index in [1.165, 1.54) is 12.1 Å². The Bertz CT molecular complexity index is 390. The van der Waals surface area contributed by atoms with Gasteiger partial charge in [0.05, 0.1) is 10.6 Å². The highest BCUT2D eigenvalue weighted by molar-refractivity contribution is 6.69. The average Bonchev–Trinajstić information content (AvgIpc) is 2.10. The number of rotatable bonds is 3. The Balaban J connectivity index is 3.31. The molecule has 1 aromatic carbocycles. The molecule has 3 nitrogen and oxygen atoms in total. The Kier molecular flexibility index (Phi) is 3.75. The number of hydrogen-bond donors (Lipinski definition) is 0. The van der Waals surface area contributed by atoms with Gasteiger partial charge in [0.2, 0.25) is 0 Å². The quantitative estimate of drug-likeness (QED) is 0.614. The molecule has 0 saturated carbocycles. The van der Waals surface area contributed by atoms with Crippen molar-refractivity contribution in [2.75, 3.05) is 0 Å². The summed E-state index contributed by atoms with van der Waals surface area (Å²) in [4.78, 5) is 20.9. The van der Waals surface area contributed by atoms with Crippen LogP contribution in [-0.4, -0.2) is 11.7 Å². The predicted octanol–water partition coefficient (Wildman–Crippen LogP) is 2.91. The molecule has 0 fully saturated rings. The first-order valence-corrected chi connectivity index (χ1v) is 4.49. The second-order valence-corrected chi connectivity index (χ2v) is 3.41. The average molecular weight is 253 g/mol. The van der Waals surface area contributed by atoms with Crippen LogP contribution in [0, 0.1) is 0 Å². The molecule has 0 radical (unpaired) electrons. The number of carbonyl (C=O) groups excluding carboxylic acids is 2. The van der Waals surface area contributed by atoms with E-state index in [-0.39, 0.29) is 27.8 Å². The molecule has 0 atom stereocenters. The van der Waals surface area contributed by atoms with Gasteiger partial charge in [0.1, 0.15) is 0 Å². The highest BCUT2D eigenvalue weighted by Gasteiger charge is 2.14. The second-order valence-electron chi connectivity index (χ2n) is 2.25. The molecule has 1 rings (SSSR count). The maximum absolute atomic E-state index is 10.9. The fourth-order valence-corrected chi connectivity index (χ4v) is 1.49. The van der Waals surface area contributed by atoms with E-state index in [0.29, 0.717) is 0 Å². The van der Waals surface area contributed by atoms with Gasteiger partial charge < -0.3 is 4.74 Å². The Labute approximate surface area is 94.5 Å². The molecule has 0 aromatic heterocycles. The molecule has 0 bridgehead atoms. The summed E-state index contributed by atoms with van der Waals surface area (Å²) in [6.45, 7) is 0.181. The van der Waals surface area contributed by atoms with Crippen LogP contribution in [0.4, 0.5) is 0 Å². The standard InChI is InChI=1S/C8H3Cl3O3/c9-4-1-5(8(11)13)7(10)6(2-4)14-3-12/h1-3H. The van der Waals surface area contributed by atoms with Gasteiger partial charge in [-0.15, -0.1) is 0 Å². The number of halogens is 3. The van der Waals surface area contributed by atoms with Crippen molar-refractivity contribution in [3.63, 3.8) is 0 Å². The fraction of sp³-hybridized carbons (Fsp3) is 0. The molecule has 0 unspecified atom stereocenters. The molecule has 0 aliphatic carbocycles. The lowest BCUT2D eigenvalue weighted by Crippen LogP contribution is -1.96. The van der Waals surface area contributed by atoms with Gasteiger partial charge in [-0.3, -0.25) is 9.59 Å². The summed E-state index contributed by atoms with van der Waals surface area (Å²) in [5.74, 6) is -0.00170. The minimum absolute atomic E-state index is 0.00170. The SMILES string of the molecule is O=COc1cc(Cl)cc(C(=O)Cl)c1Cl. The van der Waals surface area contributed by atoms with E-state index < -0.39 is 5.24 Å². The topological polar surface area (TPSA) is 43.4 Å². The first-order valence-electron chi connectivity index (χ1n) is 3.35. The van der Waals surface area contributed by atoms with Crippen LogP contribution in [-0.2, 0) is 4.79 Å². The Morgan fingerprint density at radius 2 is 2.00 bits per heavy atom. The third-order valence-electron chi connectivity index (χ3n) is 1.39. The first kappa shape index (κ1) is 11.3. The van der Waals surface area contributed by atoms with Crippen LogP contribution >= 0.6 is 34.8 Å². The minimum Gasteiger partial charge on any atom is -0.427 e. The van der Waals surface area contributed by atoms with Gasteiger partial charge in [-0.2, -0.15) is 0 Å². The Hall–Kier alpha value is -0.770. The zero-order valence-electron chi connectivity index (χ0n) is 6.59. The molecule has 0 amide bonds. The van der Waals surface area contributed by atoms with Gasteiger partial charge in [0.25, 0.3) is 11.7 Å². The molecule has 6 heteroatoms. The van der Waals surface area contributed by atoms with Crippen LogP contribution in [0.3, 0.4) is 0 Å². The summed E-state index contributed by atoms with van der Waals surface area (Å²) < 4.78 is 4.50. The molecule has 14 heavy (non-hydrogen) atoms. The van der Waals surface area contributed by atoms with Crippen molar-refractivity contribution in [2.45, 2.75) is 0 Å².